The zero-order valence-corrected chi connectivity index (χ0v) is 37.5. The number of carbonyl (C=O) groups excluding carboxylic acids is 5. The topological polar surface area (TPSA) is 150 Å². The van der Waals surface area contributed by atoms with Gasteiger partial charge in [0.05, 0.1) is 76.9 Å². The van der Waals surface area contributed by atoms with Gasteiger partial charge < -0.3 is 28.6 Å². The number of thioether (sulfide) groups is 1. The smallest absolute Gasteiger partial charge is 0.263 e. The minimum Gasteiger partial charge on any atom is -0.492 e. The molecule has 64 heavy (non-hydrogen) atoms. The van der Waals surface area contributed by atoms with Gasteiger partial charge in [-0.25, -0.2) is 0 Å². The SMILES string of the molecule is CN(CCOc1ccc(C(=C(CCCl)c2ccccc2)c2ccccc2)cc1)C(=O)CCOCCOCCOCCOCCSc1cccc2c1C(=O)N(C1CCC(=O)NC1=O)C2=O. The third-order valence-corrected chi connectivity index (χ3v) is 11.8. The molecule has 0 spiro atoms. The van der Waals surface area contributed by atoms with E-state index >= 15 is 0 Å². The third kappa shape index (κ3) is 13.3. The lowest BCUT2D eigenvalue weighted by Gasteiger charge is -2.27. The van der Waals surface area contributed by atoms with E-state index in [0.29, 0.717) is 75.9 Å². The van der Waals surface area contributed by atoms with Crippen LogP contribution in [0.25, 0.3) is 11.1 Å². The molecule has 15 heteroatoms. The molecule has 1 saturated heterocycles. The number of nitrogens with zero attached hydrogens (tertiary/aromatic N) is 2. The first-order valence-corrected chi connectivity index (χ1v) is 22.9. The van der Waals surface area contributed by atoms with Gasteiger partial charge >= 0.3 is 0 Å². The number of rotatable bonds is 26. The molecule has 0 radical (unpaired) electrons. The monoisotopic (exact) mass is 911 g/mol. The Morgan fingerprint density at radius 2 is 1.31 bits per heavy atom. The van der Waals surface area contributed by atoms with Crippen LogP contribution in [-0.2, 0) is 33.3 Å². The van der Waals surface area contributed by atoms with Crippen LogP contribution >= 0.6 is 23.4 Å². The van der Waals surface area contributed by atoms with E-state index in [4.69, 9.17) is 35.3 Å². The summed E-state index contributed by atoms with van der Waals surface area (Å²) in [5.74, 6) is -0.378. The number of carbonyl (C=O) groups is 5. The fourth-order valence-corrected chi connectivity index (χ4v) is 8.46. The predicted molar refractivity (Wildman–Crippen MR) is 245 cm³/mol. The molecule has 338 valence electrons. The number of fused-ring (bicyclic) bond motifs is 1. The zero-order valence-electron chi connectivity index (χ0n) is 36.0. The van der Waals surface area contributed by atoms with Crippen molar-refractivity contribution in [3.8, 4) is 5.75 Å². The van der Waals surface area contributed by atoms with Crippen LogP contribution < -0.4 is 10.1 Å². The number of likely N-dealkylation sites (N-methyl/N-ethyl adjacent to an activating group) is 1. The molecule has 2 aliphatic rings. The number of allylic oxidation sites excluding steroid dienone is 1. The normalized spacial score (nSPS) is 15.2. The Bertz CT molecular complexity index is 2220. The van der Waals surface area contributed by atoms with Gasteiger partial charge in [-0.1, -0.05) is 78.9 Å². The molecule has 0 bridgehead atoms. The molecule has 0 saturated carbocycles. The minimum atomic E-state index is -1.00. The number of ether oxygens (including phenoxy) is 5. The number of amides is 5. The van der Waals surface area contributed by atoms with Crippen molar-refractivity contribution in [1.82, 2.24) is 15.1 Å². The van der Waals surface area contributed by atoms with E-state index in [2.05, 4.69) is 41.7 Å². The Kier molecular flexibility index (Phi) is 19.0. The first-order valence-electron chi connectivity index (χ1n) is 21.4. The van der Waals surface area contributed by atoms with Crippen molar-refractivity contribution < 1.29 is 47.7 Å². The summed E-state index contributed by atoms with van der Waals surface area (Å²) in [6.45, 7) is 3.73. The summed E-state index contributed by atoms with van der Waals surface area (Å²) in [5.41, 5.74) is 6.17. The molecule has 2 heterocycles. The largest absolute Gasteiger partial charge is 0.492 e. The van der Waals surface area contributed by atoms with Crippen LogP contribution in [0.4, 0.5) is 0 Å². The zero-order chi connectivity index (χ0) is 45.1. The molecular formula is C49H54ClN3O10S. The molecule has 13 nitrogen and oxygen atoms in total. The molecular weight excluding hydrogens is 858 g/mol. The summed E-state index contributed by atoms with van der Waals surface area (Å²) in [6.07, 6.45) is 1.15. The number of halogens is 1. The van der Waals surface area contributed by atoms with Crippen LogP contribution in [0.1, 0.15) is 63.1 Å². The average molecular weight is 913 g/mol. The highest BCUT2D eigenvalue weighted by atomic mass is 35.5. The lowest BCUT2D eigenvalue weighted by atomic mass is 9.88. The van der Waals surface area contributed by atoms with Gasteiger partial charge in [0.2, 0.25) is 17.7 Å². The number of benzene rings is 4. The van der Waals surface area contributed by atoms with Gasteiger partial charge in [-0.15, -0.1) is 23.4 Å². The second-order valence-electron chi connectivity index (χ2n) is 14.9. The molecule has 4 aromatic rings. The van der Waals surface area contributed by atoms with Gasteiger partial charge in [-0.2, -0.15) is 0 Å². The number of hydrogen-bond donors (Lipinski definition) is 1. The fraction of sp³-hybridized carbons (Fsp3) is 0.367. The van der Waals surface area contributed by atoms with E-state index in [9.17, 15) is 24.0 Å². The van der Waals surface area contributed by atoms with E-state index in [1.54, 1.807) is 30.1 Å². The molecule has 6 rings (SSSR count). The maximum atomic E-state index is 13.2. The highest BCUT2D eigenvalue weighted by Crippen LogP contribution is 2.36. The highest BCUT2D eigenvalue weighted by molar-refractivity contribution is 7.99. The van der Waals surface area contributed by atoms with Crippen LogP contribution in [0.15, 0.2) is 108 Å². The van der Waals surface area contributed by atoms with Crippen LogP contribution in [0, 0.1) is 0 Å². The molecule has 1 atom stereocenters. The van der Waals surface area contributed by atoms with E-state index in [1.165, 1.54) is 17.3 Å². The van der Waals surface area contributed by atoms with Crippen molar-refractivity contribution in [2.45, 2.75) is 36.6 Å². The summed E-state index contributed by atoms with van der Waals surface area (Å²) < 4.78 is 28.4. The van der Waals surface area contributed by atoms with Gasteiger partial charge in [-0.3, -0.25) is 34.2 Å². The van der Waals surface area contributed by atoms with Crippen molar-refractivity contribution in [2.75, 3.05) is 84.7 Å². The summed E-state index contributed by atoms with van der Waals surface area (Å²) in [6, 6.07) is 32.8. The number of imide groups is 2. The fourth-order valence-electron chi connectivity index (χ4n) is 7.34. The Hall–Kier alpha value is -5.35. The van der Waals surface area contributed by atoms with Crippen molar-refractivity contribution in [2.24, 2.45) is 0 Å². The average Bonchev–Trinajstić information content (AvgIpc) is 3.57. The molecule has 1 fully saturated rings. The van der Waals surface area contributed by atoms with Crippen LogP contribution in [0.3, 0.4) is 0 Å². The number of hydrogen-bond acceptors (Lipinski definition) is 11. The predicted octanol–water partition coefficient (Wildman–Crippen LogP) is 6.76. The van der Waals surface area contributed by atoms with E-state index < -0.39 is 29.7 Å². The standard InChI is InChI=1S/C49H54ClN3O10S/c1-52(24-26-63-38-17-15-37(16-18-38)45(36-11-6-3-7-12-36)39(21-23-50)35-9-4-2-5-10-35)44(55)22-25-59-27-28-60-29-30-61-31-32-62-33-34-64-42-14-8-13-40-46(42)49(58)53(48(40)57)41-19-20-43(54)51-47(41)56/h2-18,41H,19-34H2,1H3,(H,51,54,56). The number of nitrogens with one attached hydrogen (secondary N) is 1. The van der Waals surface area contributed by atoms with Crippen LogP contribution in [0.2, 0.25) is 0 Å². The Labute approximate surface area is 383 Å². The maximum Gasteiger partial charge on any atom is 0.263 e. The molecule has 1 N–H and O–H groups in total. The summed E-state index contributed by atoms with van der Waals surface area (Å²) in [7, 11) is 1.75. The first-order chi connectivity index (χ1) is 31.3. The molecule has 2 aliphatic heterocycles. The van der Waals surface area contributed by atoms with Gasteiger partial charge in [-0.05, 0) is 64.9 Å². The van der Waals surface area contributed by atoms with E-state index in [-0.39, 0.29) is 42.9 Å². The van der Waals surface area contributed by atoms with Crippen molar-refractivity contribution in [3.05, 3.63) is 131 Å². The number of piperidine rings is 1. The van der Waals surface area contributed by atoms with Gasteiger partial charge in [0, 0.05) is 30.0 Å². The van der Waals surface area contributed by atoms with Crippen LogP contribution in [-0.4, -0.2) is 130 Å². The molecule has 4 aromatic carbocycles. The van der Waals surface area contributed by atoms with E-state index in [1.807, 2.05) is 48.5 Å². The quantitative estimate of drug-likeness (QED) is 0.0234. The summed E-state index contributed by atoms with van der Waals surface area (Å²) >= 11 is 7.69. The Balaban J connectivity index is 0.784. The summed E-state index contributed by atoms with van der Waals surface area (Å²) in [5, 5.41) is 2.21. The minimum absolute atomic E-state index is 0.0343. The Morgan fingerprint density at radius 1 is 0.703 bits per heavy atom. The maximum absolute atomic E-state index is 13.2. The van der Waals surface area contributed by atoms with Gasteiger partial charge in [0.1, 0.15) is 18.4 Å². The molecule has 5 amide bonds. The highest BCUT2D eigenvalue weighted by Gasteiger charge is 2.45. The molecule has 0 aromatic heterocycles. The van der Waals surface area contributed by atoms with Crippen LogP contribution in [0.5, 0.6) is 5.75 Å². The second-order valence-corrected chi connectivity index (χ2v) is 16.4. The third-order valence-electron chi connectivity index (χ3n) is 10.6. The lowest BCUT2D eigenvalue weighted by Crippen LogP contribution is -2.54. The van der Waals surface area contributed by atoms with E-state index in [0.717, 1.165) is 39.3 Å². The molecule has 1 unspecified atom stereocenters. The van der Waals surface area contributed by atoms with Gasteiger partial charge in [0.25, 0.3) is 11.8 Å². The Morgan fingerprint density at radius 3 is 1.95 bits per heavy atom. The molecule has 0 aliphatic carbocycles. The first kappa shape index (κ1) is 48.1. The lowest BCUT2D eigenvalue weighted by molar-refractivity contribution is -0.136. The van der Waals surface area contributed by atoms with Gasteiger partial charge in [0.15, 0.2) is 0 Å². The van der Waals surface area contributed by atoms with Crippen molar-refractivity contribution in [3.63, 3.8) is 0 Å². The van der Waals surface area contributed by atoms with Crippen molar-refractivity contribution >= 4 is 64.0 Å². The van der Waals surface area contributed by atoms with Crippen molar-refractivity contribution in [1.29, 1.82) is 0 Å². The number of alkyl halides is 1. The second kappa shape index (κ2) is 25.2. The summed E-state index contributed by atoms with van der Waals surface area (Å²) in [4.78, 5) is 66.1.